The summed E-state index contributed by atoms with van der Waals surface area (Å²) in [4.78, 5) is 0. The van der Waals surface area contributed by atoms with Gasteiger partial charge in [-0.15, -0.1) is 0 Å². The lowest BCUT2D eigenvalue weighted by atomic mass is 9.79. The third-order valence-electron chi connectivity index (χ3n) is 3.74. The van der Waals surface area contributed by atoms with Crippen LogP contribution in [-0.4, -0.2) is 7.05 Å². The molecule has 1 aliphatic carbocycles. The van der Waals surface area contributed by atoms with Gasteiger partial charge >= 0.3 is 0 Å². The van der Waals surface area contributed by atoms with Crippen LogP contribution in [0.3, 0.4) is 0 Å². The molecule has 0 aliphatic heterocycles. The highest BCUT2D eigenvalue weighted by molar-refractivity contribution is 14.1. The zero-order valence-corrected chi connectivity index (χ0v) is 12.3. The van der Waals surface area contributed by atoms with Gasteiger partial charge in [0.1, 0.15) is 0 Å². The van der Waals surface area contributed by atoms with Crippen LogP contribution in [0.5, 0.6) is 0 Å². The highest BCUT2D eigenvalue weighted by Gasteiger charge is 2.23. The zero-order chi connectivity index (χ0) is 11.5. The van der Waals surface area contributed by atoms with Crippen molar-refractivity contribution in [2.24, 2.45) is 5.92 Å². The van der Waals surface area contributed by atoms with Crippen LogP contribution in [0.25, 0.3) is 0 Å². The second-order valence-corrected chi connectivity index (χ2v) is 5.93. The standard InChI is InChI=1S/C14H20IN/c1-10-5-3-8-12(14(10)15)13(16-2)9-11-6-4-7-11/h3,5,8,11,13,16H,4,6-7,9H2,1-2H3. The molecule has 2 heteroatoms. The van der Waals surface area contributed by atoms with Gasteiger partial charge in [-0.25, -0.2) is 0 Å². The van der Waals surface area contributed by atoms with Crippen molar-refractivity contribution in [2.75, 3.05) is 7.05 Å². The number of nitrogens with one attached hydrogen (secondary N) is 1. The van der Waals surface area contributed by atoms with Gasteiger partial charge in [-0.3, -0.25) is 0 Å². The molecule has 0 bridgehead atoms. The van der Waals surface area contributed by atoms with E-state index in [2.05, 4.69) is 60.1 Å². The molecule has 1 fully saturated rings. The normalized spacial score (nSPS) is 18.2. The van der Waals surface area contributed by atoms with Crippen molar-refractivity contribution in [2.45, 2.75) is 38.6 Å². The first kappa shape index (κ1) is 12.4. The van der Waals surface area contributed by atoms with Crippen molar-refractivity contribution in [1.82, 2.24) is 5.32 Å². The number of hydrogen-bond donors (Lipinski definition) is 1. The van der Waals surface area contributed by atoms with Crippen LogP contribution >= 0.6 is 22.6 Å². The predicted octanol–water partition coefficient (Wildman–Crippen LogP) is 4.05. The molecule has 1 aromatic carbocycles. The summed E-state index contributed by atoms with van der Waals surface area (Å²) in [5.41, 5.74) is 2.88. The average Bonchev–Trinajstić information content (AvgIpc) is 2.22. The summed E-state index contributed by atoms with van der Waals surface area (Å²) in [5, 5.41) is 3.48. The zero-order valence-electron chi connectivity index (χ0n) is 10.1. The Kier molecular flexibility index (Phi) is 4.25. The summed E-state index contributed by atoms with van der Waals surface area (Å²) in [6, 6.07) is 7.19. The summed E-state index contributed by atoms with van der Waals surface area (Å²) in [6.45, 7) is 2.20. The molecule has 0 aromatic heterocycles. The van der Waals surface area contributed by atoms with Crippen LogP contribution in [0.1, 0.15) is 42.9 Å². The van der Waals surface area contributed by atoms with Crippen molar-refractivity contribution in [3.8, 4) is 0 Å². The van der Waals surface area contributed by atoms with E-state index in [1.54, 1.807) is 0 Å². The molecule has 1 nitrogen and oxygen atoms in total. The minimum atomic E-state index is 0.539. The van der Waals surface area contributed by atoms with Crippen molar-refractivity contribution in [3.63, 3.8) is 0 Å². The fourth-order valence-electron chi connectivity index (χ4n) is 2.40. The number of aryl methyl sites for hydroxylation is 1. The molecule has 1 aliphatic rings. The highest BCUT2D eigenvalue weighted by atomic mass is 127. The molecule has 1 aromatic rings. The van der Waals surface area contributed by atoms with E-state index < -0.39 is 0 Å². The Balaban J connectivity index is 2.15. The van der Waals surface area contributed by atoms with E-state index in [0.717, 1.165) is 5.92 Å². The summed E-state index contributed by atoms with van der Waals surface area (Å²) in [5.74, 6) is 0.953. The lowest BCUT2D eigenvalue weighted by Crippen LogP contribution is -2.24. The highest BCUT2D eigenvalue weighted by Crippen LogP contribution is 2.36. The minimum absolute atomic E-state index is 0.539. The lowest BCUT2D eigenvalue weighted by Gasteiger charge is -2.30. The van der Waals surface area contributed by atoms with Gasteiger partial charge in [-0.2, -0.15) is 0 Å². The first-order valence-electron chi connectivity index (χ1n) is 6.14. The Hall–Kier alpha value is -0.0900. The maximum Gasteiger partial charge on any atom is 0.0330 e. The number of halogens is 1. The molecule has 0 amide bonds. The van der Waals surface area contributed by atoms with Crippen LogP contribution in [-0.2, 0) is 0 Å². The largest absolute Gasteiger partial charge is 0.313 e. The summed E-state index contributed by atoms with van der Waals surface area (Å²) >= 11 is 2.48. The van der Waals surface area contributed by atoms with Crippen molar-refractivity contribution in [3.05, 3.63) is 32.9 Å². The van der Waals surface area contributed by atoms with Gasteiger partial charge in [-0.1, -0.05) is 37.5 Å². The minimum Gasteiger partial charge on any atom is -0.313 e. The van der Waals surface area contributed by atoms with Crippen LogP contribution in [0.2, 0.25) is 0 Å². The van der Waals surface area contributed by atoms with Gasteiger partial charge in [-0.05, 0) is 60.0 Å². The molecule has 1 saturated carbocycles. The van der Waals surface area contributed by atoms with Crippen LogP contribution in [0.15, 0.2) is 18.2 Å². The van der Waals surface area contributed by atoms with E-state index in [-0.39, 0.29) is 0 Å². The number of rotatable bonds is 4. The van der Waals surface area contributed by atoms with Gasteiger partial charge in [0.25, 0.3) is 0 Å². The van der Waals surface area contributed by atoms with Crippen LogP contribution in [0, 0.1) is 16.4 Å². The average molecular weight is 329 g/mol. The summed E-state index contributed by atoms with van der Waals surface area (Å²) in [6.07, 6.45) is 5.60. The Morgan fingerprint density at radius 3 is 2.75 bits per heavy atom. The maximum absolute atomic E-state index is 3.48. The van der Waals surface area contributed by atoms with Gasteiger partial charge in [0.15, 0.2) is 0 Å². The topological polar surface area (TPSA) is 12.0 Å². The maximum atomic E-state index is 3.48. The molecule has 1 N–H and O–H groups in total. The molecule has 0 heterocycles. The molecule has 88 valence electrons. The molecule has 0 spiro atoms. The molecular formula is C14H20IN. The van der Waals surface area contributed by atoms with E-state index in [9.17, 15) is 0 Å². The van der Waals surface area contributed by atoms with Crippen LogP contribution < -0.4 is 5.32 Å². The van der Waals surface area contributed by atoms with Gasteiger partial charge in [0.05, 0.1) is 0 Å². The monoisotopic (exact) mass is 329 g/mol. The van der Waals surface area contributed by atoms with Crippen molar-refractivity contribution < 1.29 is 0 Å². The molecule has 2 rings (SSSR count). The van der Waals surface area contributed by atoms with Gasteiger partial charge in [0, 0.05) is 9.61 Å². The van der Waals surface area contributed by atoms with E-state index >= 15 is 0 Å². The van der Waals surface area contributed by atoms with Gasteiger partial charge in [0.2, 0.25) is 0 Å². The summed E-state index contributed by atoms with van der Waals surface area (Å²) < 4.78 is 1.43. The molecular weight excluding hydrogens is 309 g/mol. The van der Waals surface area contributed by atoms with Crippen molar-refractivity contribution >= 4 is 22.6 Å². The third-order valence-corrected chi connectivity index (χ3v) is 5.21. The fourth-order valence-corrected chi connectivity index (χ4v) is 3.14. The number of benzene rings is 1. The Bertz CT molecular complexity index is 358. The van der Waals surface area contributed by atoms with E-state index in [0.29, 0.717) is 6.04 Å². The smallest absolute Gasteiger partial charge is 0.0330 e. The first-order chi connectivity index (χ1) is 7.72. The Morgan fingerprint density at radius 2 is 2.19 bits per heavy atom. The van der Waals surface area contributed by atoms with E-state index in [4.69, 9.17) is 0 Å². The van der Waals surface area contributed by atoms with E-state index in [1.807, 2.05) is 0 Å². The second-order valence-electron chi connectivity index (χ2n) is 4.85. The predicted molar refractivity (Wildman–Crippen MR) is 77.7 cm³/mol. The summed E-state index contributed by atoms with van der Waals surface area (Å²) in [7, 11) is 2.09. The lowest BCUT2D eigenvalue weighted by molar-refractivity contribution is 0.265. The molecule has 16 heavy (non-hydrogen) atoms. The SMILES string of the molecule is CNC(CC1CCC1)c1cccc(C)c1I. The Morgan fingerprint density at radius 1 is 1.44 bits per heavy atom. The second kappa shape index (κ2) is 5.50. The first-order valence-corrected chi connectivity index (χ1v) is 7.22. The molecule has 1 unspecified atom stereocenters. The molecule has 0 radical (unpaired) electrons. The molecule has 0 saturated heterocycles. The van der Waals surface area contributed by atoms with Crippen LogP contribution in [0.4, 0.5) is 0 Å². The van der Waals surface area contributed by atoms with Crippen molar-refractivity contribution in [1.29, 1.82) is 0 Å². The fraction of sp³-hybridized carbons (Fsp3) is 0.571. The van der Waals surface area contributed by atoms with Gasteiger partial charge < -0.3 is 5.32 Å². The third kappa shape index (κ3) is 2.59. The number of hydrogen-bond acceptors (Lipinski definition) is 1. The molecule has 1 atom stereocenters. The quantitative estimate of drug-likeness (QED) is 0.822. The van der Waals surface area contributed by atoms with E-state index in [1.165, 1.54) is 40.4 Å². The Labute approximate surface area is 112 Å².